The van der Waals surface area contributed by atoms with Crippen molar-refractivity contribution in [2.45, 2.75) is 6.18 Å². The van der Waals surface area contributed by atoms with Crippen molar-refractivity contribution in [3.8, 4) is 0 Å². The van der Waals surface area contributed by atoms with Crippen molar-refractivity contribution in [2.24, 2.45) is 7.05 Å². The molecule has 0 saturated carbocycles. The lowest BCUT2D eigenvalue weighted by Crippen LogP contribution is -2.13. The third kappa shape index (κ3) is 2.49. The Bertz CT molecular complexity index is 660. The molecule has 2 aromatic rings. The molecule has 1 aromatic carbocycles. The molecular formula is C12H9ClF3N3O. The average Bonchev–Trinajstić information content (AvgIpc) is 2.67. The molecule has 4 nitrogen and oxygen atoms in total. The maximum Gasteiger partial charge on any atom is 0.416 e. The van der Waals surface area contributed by atoms with Crippen molar-refractivity contribution in [3.05, 3.63) is 46.2 Å². The van der Waals surface area contributed by atoms with Gasteiger partial charge in [0.2, 0.25) is 5.78 Å². The molecule has 106 valence electrons. The molecule has 8 heteroatoms. The van der Waals surface area contributed by atoms with Crippen LogP contribution in [0.5, 0.6) is 0 Å². The van der Waals surface area contributed by atoms with Crippen molar-refractivity contribution >= 4 is 23.1 Å². The number of hydrogen-bond acceptors (Lipinski definition) is 3. The van der Waals surface area contributed by atoms with E-state index in [1.54, 1.807) is 0 Å². The number of nitrogens with zero attached hydrogens (tertiary/aromatic N) is 2. The lowest BCUT2D eigenvalue weighted by molar-refractivity contribution is -0.137. The Hall–Kier alpha value is -2.02. The van der Waals surface area contributed by atoms with Crippen LogP contribution in [0.25, 0.3) is 0 Å². The Kier molecular flexibility index (Phi) is 3.47. The summed E-state index contributed by atoms with van der Waals surface area (Å²) in [6, 6.07) is 2.57. The Morgan fingerprint density at radius 2 is 2.05 bits per heavy atom. The molecule has 0 radical (unpaired) electrons. The third-order valence-electron chi connectivity index (χ3n) is 2.73. The van der Waals surface area contributed by atoms with E-state index in [9.17, 15) is 18.0 Å². The van der Waals surface area contributed by atoms with E-state index in [0.717, 1.165) is 12.1 Å². The average molecular weight is 304 g/mol. The van der Waals surface area contributed by atoms with Crippen molar-refractivity contribution < 1.29 is 18.0 Å². The van der Waals surface area contributed by atoms with E-state index in [2.05, 4.69) is 5.10 Å². The van der Waals surface area contributed by atoms with E-state index in [1.807, 2.05) is 0 Å². The van der Waals surface area contributed by atoms with E-state index >= 15 is 0 Å². The molecule has 2 N–H and O–H groups in total. The fraction of sp³-hybridized carbons (Fsp3) is 0.167. The van der Waals surface area contributed by atoms with E-state index in [4.69, 9.17) is 17.3 Å². The van der Waals surface area contributed by atoms with Gasteiger partial charge in [0.05, 0.1) is 16.8 Å². The minimum atomic E-state index is -4.56. The molecule has 1 heterocycles. The van der Waals surface area contributed by atoms with Crippen LogP contribution in [0.3, 0.4) is 0 Å². The van der Waals surface area contributed by atoms with Gasteiger partial charge in [-0.1, -0.05) is 11.6 Å². The first-order valence-corrected chi connectivity index (χ1v) is 5.78. The number of ketones is 1. The van der Waals surface area contributed by atoms with Crippen LogP contribution in [0.2, 0.25) is 5.02 Å². The van der Waals surface area contributed by atoms with Gasteiger partial charge in [0.25, 0.3) is 0 Å². The molecule has 0 aliphatic carbocycles. The molecular weight excluding hydrogens is 295 g/mol. The first-order valence-electron chi connectivity index (χ1n) is 5.40. The lowest BCUT2D eigenvalue weighted by atomic mass is 10.0. The summed E-state index contributed by atoms with van der Waals surface area (Å²) in [6.07, 6.45) is -3.32. The molecule has 0 fully saturated rings. The smallest absolute Gasteiger partial charge is 0.398 e. The quantitative estimate of drug-likeness (QED) is 0.685. The monoisotopic (exact) mass is 303 g/mol. The number of carbonyl (C=O) groups excluding carboxylic acids is 1. The minimum Gasteiger partial charge on any atom is -0.398 e. The van der Waals surface area contributed by atoms with Gasteiger partial charge in [0.15, 0.2) is 0 Å². The van der Waals surface area contributed by atoms with Crippen LogP contribution in [0.4, 0.5) is 18.9 Å². The Morgan fingerprint density at radius 3 is 2.55 bits per heavy atom. The molecule has 0 spiro atoms. The summed E-state index contributed by atoms with van der Waals surface area (Å²) in [7, 11) is 1.46. The molecule has 0 atom stereocenters. The molecule has 0 bridgehead atoms. The number of nitrogens with two attached hydrogens (primary N) is 1. The second-order valence-electron chi connectivity index (χ2n) is 4.09. The van der Waals surface area contributed by atoms with Crippen LogP contribution in [0.15, 0.2) is 24.4 Å². The zero-order valence-corrected chi connectivity index (χ0v) is 11.0. The zero-order chi connectivity index (χ0) is 15.1. The van der Waals surface area contributed by atoms with Crippen LogP contribution >= 0.6 is 11.6 Å². The van der Waals surface area contributed by atoms with E-state index in [1.165, 1.54) is 17.9 Å². The number of carbonyl (C=O) groups is 1. The number of alkyl halides is 3. The first kappa shape index (κ1) is 14.4. The van der Waals surface area contributed by atoms with Gasteiger partial charge in [-0.05, 0) is 18.2 Å². The van der Waals surface area contributed by atoms with Gasteiger partial charge in [-0.2, -0.15) is 18.3 Å². The molecule has 2 rings (SSSR count). The standard InChI is InChI=1S/C12H9ClF3N3O/c1-19-10(8(13)5-18-19)11(20)7-4-6(12(14,15)16)2-3-9(7)17/h2-5H,17H2,1H3. The molecule has 0 aliphatic heterocycles. The second kappa shape index (κ2) is 4.82. The highest BCUT2D eigenvalue weighted by molar-refractivity contribution is 6.34. The first-order chi connectivity index (χ1) is 9.21. The fourth-order valence-electron chi connectivity index (χ4n) is 1.72. The highest BCUT2D eigenvalue weighted by atomic mass is 35.5. The summed E-state index contributed by atoms with van der Waals surface area (Å²) >= 11 is 5.80. The maximum absolute atomic E-state index is 12.7. The van der Waals surface area contributed by atoms with Crippen molar-refractivity contribution in [1.29, 1.82) is 0 Å². The van der Waals surface area contributed by atoms with Gasteiger partial charge in [-0.25, -0.2) is 0 Å². The van der Waals surface area contributed by atoms with Crippen molar-refractivity contribution in [1.82, 2.24) is 9.78 Å². The molecule has 0 unspecified atom stereocenters. The molecule has 0 aliphatic rings. The number of rotatable bonds is 2. The summed E-state index contributed by atoms with van der Waals surface area (Å²) < 4.78 is 39.2. The second-order valence-corrected chi connectivity index (χ2v) is 4.50. The Balaban J connectivity index is 2.55. The number of halogens is 4. The summed E-state index contributed by atoms with van der Waals surface area (Å²) in [5.41, 5.74) is 4.30. The van der Waals surface area contributed by atoms with E-state index < -0.39 is 17.5 Å². The number of hydrogen-bond donors (Lipinski definition) is 1. The predicted octanol–water partition coefficient (Wildman–Crippen LogP) is 2.91. The Labute approximate surface area is 116 Å². The fourth-order valence-corrected chi connectivity index (χ4v) is 1.97. The number of anilines is 1. The lowest BCUT2D eigenvalue weighted by Gasteiger charge is -2.11. The van der Waals surface area contributed by atoms with Gasteiger partial charge >= 0.3 is 6.18 Å². The summed E-state index contributed by atoms with van der Waals surface area (Å²) in [4.78, 5) is 12.3. The van der Waals surface area contributed by atoms with Crippen LogP contribution < -0.4 is 5.73 Å². The Morgan fingerprint density at radius 1 is 1.40 bits per heavy atom. The maximum atomic E-state index is 12.7. The highest BCUT2D eigenvalue weighted by Crippen LogP contribution is 2.32. The molecule has 0 saturated heterocycles. The molecule has 20 heavy (non-hydrogen) atoms. The molecule has 0 amide bonds. The summed E-state index contributed by atoms with van der Waals surface area (Å²) in [6.45, 7) is 0. The van der Waals surface area contributed by atoms with Crippen LogP contribution in [-0.4, -0.2) is 15.6 Å². The van der Waals surface area contributed by atoms with E-state index in [-0.39, 0.29) is 22.0 Å². The number of aryl methyl sites for hydroxylation is 1. The number of aromatic nitrogens is 2. The van der Waals surface area contributed by atoms with Crippen LogP contribution in [0.1, 0.15) is 21.6 Å². The van der Waals surface area contributed by atoms with Crippen molar-refractivity contribution in [2.75, 3.05) is 5.73 Å². The predicted molar refractivity (Wildman–Crippen MR) is 67.5 cm³/mol. The number of nitrogen functional groups attached to an aromatic ring is 1. The summed E-state index contributed by atoms with van der Waals surface area (Å²) in [5.74, 6) is -0.710. The van der Waals surface area contributed by atoms with Crippen LogP contribution in [-0.2, 0) is 13.2 Å². The normalized spacial score (nSPS) is 11.7. The highest BCUT2D eigenvalue weighted by Gasteiger charge is 2.32. The SMILES string of the molecule is Cn1ncc(Cl)c1C(=O)c1cc(C(F)(F)F)ccc1N. The zero-order valence-electron chi connectivity index (χ0n) is 10.2. The van der Waals surface area contributed by atoms with Crippen LogP contribution in [0, 0.1) is 0 Å². The van der Waals surface area contributed by atoms with Gasteiger partial charge in [0, 0.05) is 18.3 Å². The van der Waals surface area contributed by atoms with E-state index in [0.29, 0.717) is 6.07 Å². The van der Waals surface area contributed by atoms with Crippen molar-refractivity contribution in [3.63, 3.8) is 0 Å². The largest absolute Gasteiger partial charge is 0.416 e. The number of benzene rings is 1. The van der Waals surface area contributed by atoms with Gasteiger partial charge in [-0.15, -0.1) is 0 Å². The van der Waals surface area contributed by atoms with Gasteiger partial charge < -0.3 is 5.73 Å². The molecule has 1 aromatic heterocycles. The van der Waals surface area contributed by atoms with Gasteiger partial charge in [0.1, 0.15) is 5.69 Å². The van der Waals surface area contributed by atoms with Gasteiger partial charge in [-0.3, -0.25) is 9.48 Å². The minimum absolute atomic E-state index is 0.0160. The third-order valence-corrected chi connectivity index (χ3v) is 3.01. The topological polar surface area (TPSA) is 60.9 Å². The summed E-state index contributed by atoms with van der Waals surface area (Å²) in [5, 5.41) is 3.81.